The van der Waals surface area contributed by atoms with Gasteiger partial charge in [-0.25, -0.2) is 9.59 Å². The summed E-state index contributed by atoms with van der Waals surface area (Å²) >= 11 is 0. The standard InChI is InChI=1S/C41H40N4O7/c1-6-51-37(47)41(38(48)52-7-2)40(30-13-9-11-15-32(30)44(36(40)46)24-25-16-20-27(21-17-25)39(3,4)5)33-29-12-8-10-14-31(29)42-35(33)34(43-41)26-18-22-28(23-19-26)45(49)50/h8-23,34,42-43H,6-7,24H2,1-5H3/t34-,40+/m0/s1. The van der Waals surface area contributed by atoms with Crippen molar-refractivity contribution in [2.75, 3.05) is 18.1 Å². The number of nitrogens with one attached hydrogen (secondary N) is 2. The number of nitro benzene ring substituents is 1. The minimum Gasteiger partial charge on any atom is -0.464 e. The van der Waals surface area contributed by atoms with Crippen molar-refractivity contribution in [2.45, 2.75) is 63.6 Å². The van der Waals surface area contributed by atoms with E-state index >= 15 is 4.79 Å². The fraction of sp³-hybridized carbons (Fsp3) is 0.293. The summed E-state index contributed by atoms with van der Waals surface area (Å²) in [7, 11) is 0. The van der Waals surface area contributed by atoms with Gasteiger partial charge < -0.3 is 19.4 Å². The van der Waals surface area contributed by atoms with Crippen LogP contribution in [0.3, 0.4) is 0 Å². The highest BCUT2D eigenvalue weighted by Crippen LogP contribution is 2.59. The number of carbonyl (C=O) groups is 3. The first-order valence-electron chi connectivity index (χ1n) is 17.4. The Labute approximate surface area is 301 Å². The van der Waals surface area contributed by atoms with Crippen LogP contribution >= 0.6 is 0 Å². The predicted octanol–water partition coefficient (Wildman–Crippen LogP) is 6.76. The van der Waals surface area contributed by atoms with E-state index in [2.05, 4.69) is 31.1 Å². The van der Waals surface area contributed by atoms with Crippen molar-refractivity contribution in [3.05, 3.63) is 141 Å². The van der Waals surface area contributed by atoms with Crippen LogP contribution in [-0.4, -0.2) is 46.5 Å². The number of anilines is 1. The smallest absolute Gasteiger partial charge is 0.340 e. The van der Waals surface area contributed by atoms with Gasteiger partial charge in [0.1, 0.15) is 5.41 Å². The number of amides is 1. The Morgan fingerprint density at radius 1 is 0.865 bits per heavy atom. The van der Waals surface area contributed by atoms with E-state index in [4.69, 9.17) is 9.47 Å². The molecule has 0 aliphatic carbocycles. The lowest BCUT2D eigenvalue weighted by Crippen LogP contribution is -2.76. The van der Waals surface area contributed by atoms with Gasteiger partial charge >= 0.3 is 11.9 Å². The molecule has 0 fully saturated rings. The number of H-pyrrole nitrogens is 1. The molecule has 2 atom stereocenters. The average molecular weight is 701 g/mol. The average Bonchev–Trinajstić information content (AvgIpc) is 3.63. The fourth-order valence-corrected chi connectivity index (χ4v) is 7.90. The molecule has 266 valence electrons. The van der Waals surface area contributed by atoms with Crippen molar-refractivity contribution in [1.29, 1.82) is 0 Å². The van der Waals surface area contributed by atoms with Crippen molar-refractivity contribution < 1.29 is 28.8 Å². The molecule has 1 aromatic heterocycles. The van der Waals surface area contributed by atoms with E-state index in [1.807, 2.05) is 60.7 Å². The predicted molar refractivity (Wildman–Crippen MR) is 196 cm³/mol. The number of non-ortho nitro benzene ring substituents is 1. The number of nitro groups is 1. The van der Waals surface area contributed by atoms with Crippen LogP contribution in [0.4, 0.5) is 11.4 Å². The van der Waals surface area contributed by atoms with E-state index in [0.717, 1.165) is 11.1 Å². The van der Waals surface area contributed by atoms with Crippen LogP contribution in [-0.2, 0) is 41.2 Å². The van der Waals surface area contributed by atoms with Crippen LogP contribution in [0.2, 0.25) is 0 Å². The molecular formula is C41H40N4O7. The normalized spacial score (nSPS) is 19.0. The Morgan fingerprint density at radius 2 is 1.48 bits per heavy atom. The number of fused-ring (bicyclic) bond motifs is 6. The number of para-hydroxylation sites is 2. The third-order valence-electron chi connectivity index (χ3n) is 10.2. The molecule has 2 N–H and O–H groups in total. The number of benzene rings is 4. The number of hydrogen-bond donors (Lipinski definition) is 2. The molecule has 0 saturated carbocycles. The SMILES string of the molecule is CCOC(=O)C1(C(=O)OCC)N[C@@H](c2ccc([N+](=O)[O-])cc2)c2[nH]c3ccccc3c2[C@]12C(=O)N(Cc1ccc(C(C)(C)C)cc1)c1ccccc12. The first-order chi connectivity index (χ1) is 24.9. The molecule has 0 bridgehead atoms. The van der Waals surface area contributed by atoms with Gasteiger partial charge in [0.15, 0.2) is 0 Å². The number of ether oxygens (including phenoxy) is 2. The molecule has 1 spiro atoms. The van der Waals surface area contributed by atoms with Crippen molar-refractivity contribution in [1.82, 2.24) is 10.3 Å². The molecule has 3 heterocycles. The Bertz CT molecular complexity index is 2200. The lowest BCUT2D eigenvalue weighted by Gasteiger charge is -2.49. The maximum Gasteiger partial charge on any atom is 0.340 e. The van der Waals surface area contributed by atoms with E-state index in [1.165, 1.54) is 12.1 Å². The number of carbonyl (C=O) groups excluding carboxylic acids is 3. The lowest BCUT2D eigenvalue weighted by atomic mass is 9.57. The summed E-state index contributed by atoms with van der Waals surface area (Å²) in [6.45, 7) is 9.66. The summed E-state index contributed by atoms with van der Waals surface area (Å²) in [6.07, 6.45) is 0. The van der Waals surface area contributed by atoms with Gasteiger partial charge in [0.25, 0.3) is 5.69 Å². The number of hydrogen-bond acceptors (Lipinski definition) is 8. The van der Waals surface area contributed by atoms with E-state index in [9.17, 15) is 19.7 Å². The van der Waals surface area contributed by atoms with Crippen LogP contribution in [0.15, 0.2) is 97.1 Å². The highest BCUT2D eigenvalue weighted by molar-refractivity contribution is 6.23. The Hall–Kier alpha value is -5.81. The van der Waals surface area contributed by atoms with Crippen LogP contribution in [0, 0.1) is 10.1 Å². The lowest BCUT2D eigenvalue weighted by molar-refractivity contribution is -0.384. The van der Waals surface area contributed by atoms with Crippen molar-refractivity contribution in [2.24, 2.45) is 0 Å². The van der Waals surface area contributed by atoms with Gasteiger partial charge in [0.05, 0.1) is 30.7 Å². The molecule has 0 unspecified atom stereocenters. The van der Waals surface area contributed by atoms with Crippen LogP contribution in [0.1, 0.15) is 74.2 Å². The Balaban J connectivity index is 1.56. The number of nitrogens with zero attached hydrogens (tertiary/aromatic N) is 2. The number of aromatic nitrogens is 1. The minimum atomic E-state index is -2.44. The maximum atomic E-state index is 15.9. The third-order valence-corrected chi connectivity index (χ3v) is 10.2. The van der Waals surface area contributed by atoms with Gasteiger partial charge in [0.2, 0.25) is 11.4 Å². The zero-order valence-electron chi connectivity index (χ0n) is 29.7. The zero-order chi connectivity index (χ0) is 37.0. The molecule has 5 aromatic rings. The highest BCUT2D eigenvalue weighted by atomic mass is 16.6. The molecule has 4 aromatic carbocycles. The largest absolute Gasteiger partial charge is 0.464 e. The molecule has 2 aliphatic rings. The van der Waals surface area contributed by atoms with Gasteiger partial charge in [-0.1, -0.05) is 93.6 Å². The van der Waals surface area contributed by atoms with E-state index in [1.54, 1.807) is 43.0 Å². The van der Waals surface area contributed by atoms with Gasteiger partial charge in [-0.05, 0) is 53.6 Å². The van der Waals surface area contributed by atoms with Crippen LogP contribution in [0.5, 0.6) is 0 Å². The quantitative estimate of drug-likeness (QED) is 0.0782. The highest BCUT2D eigenvalue weighted by Gasteiger charge is 2.76. The number of aromatic amines is 1. The van der Waals surface area contributed by atoms with Crippen LogP contribution in [0.25, 0.3) is 10.9 Å². The first kappa shape index (κ1) is 34.6. The maximum absolute atomic E-state index is 15.9. The molecule has 7 rings (SSSR count). The second-order valence-electron chi connectivity index (χ2n) is 14.2. The summed E-state index contributed by atoms with van der Waals surface area (Å²) in [5.74, 6) is -2.46. The van der Waals surface area contributed by atoms with Crippen molar-refractivity contribution in [3.63, 3.8) is 0 Å². The summed E-state index contributed by atoms with van der Waals surface area (Å²) in [4.78, 5) is 61.8. The molecule has 2 aliphatic heterocycles. The summed E-state index contributed by atoms with van der Waals surface area (Å²) in [6, 6.07) is 27.6. The Kier molecular flexibility index (Phi) is 8.49. The fourth-order valence-electron chi connectivity index (χ4n) is 7.90. The van der Waals surface area contributed by atoms with E-state index in [0.29, 0.717) is 39.0 Å². The van der Waals surface area contributed by atoms with Crippen molar-refractivity contribution in [3.8, 4) is 0 Å². The van der Waals surface area contributed by atoms with Gasteiger partial charge in [0, 0.05) is 40.0 Å². The molecule has 11 heteroatoms. The second-order valence-corrected chi connectivity index (χ2v) is 14.2. The monoisotopic (exact) mass is 700 g/mol. The minimum absolute atomic E-state index is 0.0722. The Morgan fingerprint density at radius 3 is 2.10 bits per heavy atom. The third kappa shape index (κ3) is 5.02. The van der Waals surface area contributed by atoms with Gasteiger partial charge in [-0.2, -0.15) is 0 Å². The zero-order valence-corrected chi connectivity index (χ0v) is 29.7. The molecular weight excluding hydrogens is 660 g/mol. The second kappa shape index (κ2) is 12.8. The topological polar surface area (TPSA) is 144 Å². The van der Waals surface area contributed by atoms with E-state index in [-0.39, 0.29) is 30.9 Å². The molecule has 52 heavy (non-hydrogen) atoms. The summed E-state index contributed by atoms with van der Waals surface area (Å²) in [5, 5.41) is 15.6. The van der Waals surface area contributed by atoms with Gasteiger partial charge in [-0.15, -0.1) is 0 Å². The van der Waals surface area contributed by atoms with Crippen LogP contribution < -0.4 is 10.2 Å². The number of rotatable bonds is 8. The van der Waals surface area contributed by atoms with Crippen molar-refractivity contribution >= 4 is 40.1 Å². The van der Waals surface area contributed by atoms with Gasteiger partial charge in [-0.3, -0.25) is 20.2 Å². The summed E-state index contributed by atoms with van der Waals surface area (Å²) < 4.78 is 11.5. The summed E-state index contributed by atoms with van der Waals surface area (Å²) in [5.41, 5.74) is 0.462. The first-order valence-corrected chi connectivity index (χ1v) is 17.4. The molecule has 1 amide bonds. The van der Waals surface area contributed by atoms with E-state index < -0.39 is 39.8 Å². The molecule has 0 saturated heterocycles. The molecule has 11 nitrogen and oxygen atoms in total. The molecule has 0 radical (unpaired) electrons. The number of esters is 2.